The Hall–Kier alpha value is -0.280. The number of aliphatic carboxylic acids is 1. The molecule has 0 saturated carbocycles. The Morgan fingerprint density at radius 3 is 1.62 bits per heavy atom. The van der Waals surface area contributed by atoms with Crippen LogP contribution in [0, 0.1) is 0 Å². The maximum atomic E-state index is 11.3. The zero-order chi connectivity index (χ0) is 15.4. The smallest absolute Gasteiger partial charge is 0.323 e. The summed E-state index contributed by atoms with van der Waals surface area (Å²) in [4.78, 5) is 13.1. The molecule has 0 bridgehead atoms. The Morgan fingerprint density at radius 1 is 0.905 bits per heavy atom. The molecule has 0 aromatic carbocycles. The summed E-state index contributed by atoms with van der Waals surface area (Å²) < 4.78 is 0. The van der Waals surface area contributed by atoms with Crippen molar-refractivity contribution in [2.75, 3.05) is 14.1 Å². The second-order valence-corrected chi connectivity index (χ2v) is 6.41. The van der Waals surface area contributed by atoms with Crippen molar-refractivity contribution in [3.05, 3.63) is 0 Å². The molecular weight excluding hydrogens is 286 g/mol. The lowest BCUT2D eigenvalue weighted by atomic mass is 9.92. The van der Waals surface area contributed by atoms with Gasteiger partial charge in [0.2, 0.25) is 0 Å². The number of halogens is 1. The van der Waals surface area contributed by atoms with Gasteiger partial charge in [0.1, 0.15) is 5.54 Å². The van der Waals surface area contributed by atoms with Crippen LogP contribution in [-0.2, 0) is 4.79 Å². The van der Waals surface area contributed by atoms with E-state index in [0.717, 1.165) is 19.3 Å². The van der Waals surface area contributed by atoms with Gasteiger partial charge in [-0.1, -0.05) is 71.1 Å². The minimum absolute atomic E-state index is 0. The van der Waals surface area contributed by atoms with E-state index >= 15 is 0 Å². The summed E-state index contributed by atoms with van der Waals surface area (Å²) in [6.07, 6.45) is 13.6. The minimum atomic E-state index is -0.710. The average Bonchev–Trinajstić information content (AvgIpc) is 2.40. The lowest BCUT2D eigenvalue weighted by Gasteiger charge is -2.32. The number of carboxylic acids is 1. The Balaban J connectivity index is 0. The number of unbranched alkanes of at least 4 members (excludes halogenated alkanes) is 9. The fourth-order valence-electron chi connectivity index (χ4n) is 2.48. The van der Waals surface area contributed by atoms with E-state index in [1.165, 1.54) is 51.4 Å². The number of hydrogen-bond acceptors (Lipinski definition) is 2. The van der Waals surface area contributed by atoms with Crippen LogP contribution in [0.4, 0.5) is 0 Å². The zero-order valence-electron chi connectivity index (χ0n) is 14.5. The SMILES string of the molecule is CCCCCCCCCCCCC(C)(C(=O)O)N(C)C.Cl. The number of carboxylic acid groups (broad SMARTS) is 1. The second kappa shape index (κ2) is 13.4. The summed E-state index contributed by atoms with van der Waals surface area (Å²) in [5, 5.41) is 9.30. The van der Waals surface area contributed by atoms with Gasteiger partial charge in [0, 0.05) is 0 Å². The second-order valence-electron chi connectivity index (χ2n) is 6.41. The molecule has 0 amide bonds. The van der Waals surface area contributed by atoms with Gasteiger partial charge in [0.25, 0.3) is 0 Å². The molecule has 0 aliphatic carbocycles. The van der Waals surface area contributed by atoms with Crippen molar-refractivity contribution in [3.8, 4) is 0 Å². The van der Waals surface area contributed by atoms with Crippen molar-refractivity contribution in [3.63, 3.8) is 0 Å². The van der Waals surface area contributed by atoms with E-state index in [4.69, 9.17) is 0 Å². The molecule has 1 unspecified atom stereocenters. The predicted molar refractivity (Wildman–Crippen MR) is 93.4 cm³/mol. The quantitative estimate of drug-likeness (QED) is 0.478. The highest BCUT2D eigenvalue weighted by Crippen LogP contribution is 2.21. The third-order valence-electron chi connectivity index (χ3n) is 4.46. The number of carbonyl (C=O) groups is 1. The Labute approximate surface area is 137 Å². The van der Waals surface area contributed by atoms with Gasteiger partial charge in [-0.3, -0.25) is 9.69 Å². The fourth-order valence-corrected chi connectivity index (χ4v) is 2.48. The van der Waals surface area contributed by atoms with E-state index in [0.29, 0.717) is 0 Å². The largest absolute Gasteiger partial charge is 0.480 e. The molecule has 128 valence electrons. The van der Waals surface area contributed by atoms with Gasteiger partial charge >= 0.3 is 5.97 Å². The van der Waals surface area contributed by atoms with E-state index < -0.39 is 11.5 Å². The third kappa shape index (κ3) is 10.1. The molecule has 0 fully saturated rings. The van der Waals surface area contributed by atoms with E-state index in [1.807, 2.05) is 25.9 Å². The Bertz CT molecular complexity index is 259. The van der Waals surface area contributed by atoms with Crippen molar-refractivity contribution >= 4 is 18.4 Å². The average molecular weight is 322 g/mol. The molecule has 0 spiro atoms. The topological polar surface area (TPSA) is 40.5 Å². The van der Waals surface area contributed by atoms with Crippen molar-refractivity contribution in [2.45, 2.75) is 90.0 Å². The van der Waals surface area contributed by atoms with E-state index in [1.54, 1.807) is 0 Å². The first-order valence-corrected chi connectivity index (χ1v) is 8.36. The number of nitrogens with zero attached hydrogens (tertiary/aromatic N) is 1. The molecule has 4 heteroatoms. The molecule has 3 nitrogen and oxygen atoms in total. The van der Waals surface area contributed by atoms with Gasteiger partial charge in [0.05, 0.1) is 0 Å². The first-order valence-electron chi connectivity index (χ1n) is 8.36. The van der Waals surface area contributed by atoms with Crippen molar-refractivity contribution in [2.24, 2.45) is 0 Å². The zero-order valence-corrected chi connectivity index (χ0v) is 15.3. The molecule has 0 heterocycles. The highest BCUT2D eigenvalue weighted by molar-refractivity contribution is 5.85. The first-order chi connectivity index (χ1) is 9.45. The lowest BCUT2D eigenvalue weighted by Crippen LogP contribution is -2.48. The van der Waals surface area contributed by atoms with Crippen LogP contribution in [0.15, 0.2) is 0 Å². The van der Waals surface area contributed by atoms with Gasteiger partial charge in [0.15, 0.2) is 0 Å². The van der Waals surface area contributed by atoms with Crippen LogP contribution < -0.4 is 0 Å². The van der Waals surface area contributed by atoms with Crippen LogP contribution in [0.5, 0.6) is 0 Å². The number of hydrogen-bond donors (Lipinski definition) is 1. The van der Waals surface area contributed by atoms with E-state index in [9.17, 15) is 9.90 Å². The van der Waals surface area contributed by atoms with Crippen LogP contribution in [0.1, 0.15) is 84.5 Å². The highest BCUT2D eigenvalue weighted by atomic mass is 35.5. The van der Waals surface area contributed by atoms with Crippen LogP contribution in [-0.4, -0.2) is 35.6 Å². The third-order valence-corrected chi connectivity index (χ3v) is 4.46. The molecule has 0 aliphatic rings. The lowest BCUT2D eigenvalue weighted by molar-refractivity contribution is -0.149. The standard InChI is InChI=1S/C17H35NO2.ClH/c1-5-6-7-8-9-10-11-12-13-14-15-17(2,16(19)20)18(3)4;/h5-15H2,1-4H3,(H,19,20);1H. The molecule has 1 atom stereocenters. The molecule has 0 aliphatic heterocycles. The monoisotopic (exact) mass is 321 g/mol. The molecule has 0 saturated heterocycles. The maximum absolute atomic E-state index is 11.3. The normalized spacial score (nSPS) is 13.8. The van der Waals surface area contributed by atoms with Crippen LogP contribution in [0.3, 0.4) is 0 Å². The fraction of sp³-hybridized carbons (Fsp3) is 0.941. The number of likely N-dealkylation sites (N-methyl/N-ethyl adjacent to an activating group) is 1. The highest BCUT2D eigenvalue weighted by Gasteiger charge is 2.34. The van der Waals surface area contributed by atoms with E-state index in [-0.39, 0.29) is 12.4 Å². The summed E-state index contributed by atoms with van der Waals surface area (Å²) in [7, 11) is 3.70. The summed E-state index contributed by atoms with van der Waals surface area (Å²) in [6.45, 7) is 4.07. The Kier molecular flexibility index (Phi) is 14.7. The molecule has 0 aromatic rings. The summed E-state index contributed by atoms with van der Waals surface area (Å²) in [5.74, 6) is -0.710. The summed E-state index contributed by atoms with van der Waals surface area (Å²) in [6, 6.07) is 0. The van der Waals surface area contributed by atoms with Gasteiger partial charge < -0.3 is 5.11 Å². The van der Waals surface area contributed by atoms with Gasteiger partial charge in [-0.25, -0.2) is 0 Å². The van der Waals surface area contributed by atoms with Gasteiger partial charge in [-0.05, 0) is 27.4 Å². The van der Waals surface area contributed by atoms with Crippen LogP contribution in [0.2, 0.25) is 0 Å². The molecule has 21 heavy (non-hydrogen) atoms. The molecule has 1 N–H and O–H groups in total. The Morgan fingerprint density at radius 2 is 1.29 bits per heavy atom. The molecule has 0 radical (unpaired) electrons. The first kappa shape index (κ1) is 23.0. The predicted octanol–water partition coefficient (Wildman–Crippen LogP) is 5.12. The number of rotatable bonds is 13. The van der Waals surface area contributed by atoms with Crippen molar-refractivity contribution < 1.29 is 9.90 Å². The van der Waals surface area contributed by atoms with Gasteiger partial charge in [-0.15, -0.1) is 12.4 Å². The maximum Gasteiger partial charge on any atom is 0.323 e. The molecular formula is C17H36ClNO2. The van der Waals surface area contributed by atoms with Gasteiger partial charge in [-0.2, -0.15) is 0 Å². The minimum Gasteiger partial charge on any atom is -0.480 e. The molecule has 0 rings (SSSR count). The van der Waals surface area contributed by atoms with Crippen molar-refractivity contribution in [1.82, 2.24) is 4.90 Å². The van der Waals surface area contributed by atoms with Crippen LogP contribution in [0.25, 0.3) is 0 Å². The van der Waals surface area contributed by atoms with Crippen LogP contribution >= 0.6 is 12.4 Å². The molecule has 0 aromatic heterocycles. The van der Waals surface area contributed by atoms with Crippen molar-refractivity contribution in [1.29, 1.82) is 0 Å². The summed E-state index contributed by atoms with van der Waals surface area (Å²) in [5.41, 5.74) is -0.708. The van der Waals surface area contributed by atoms with E-state index in [2.05, 4.69) is 6.92 Å². The summed E-state index contributed by atoms with van der Waals surface area (Å²) >= 11 is 0.